The van der Waals surface area contributed by atoms with E-state index in [2.05, 4.69) is 26.8 Å². The molecule has 3 atom stereocenters. The zero-order valence-corrected chi connectivity index (χ0v) is 11.5. The van der Waals surface area contributed by atoms with Crippen molar-refractivity contribution in [1.82, 2.24) is 0 Å². The Hall–Kier alpha value is -0.590. The van der Waals surface area contributed by atoms with Gasteiger partial charge in [0.05, 0.1) is 0 Å². The molecule has 96 valence electrons. The van der Waals surface area contributed by atoms with Crippen LogP contribution in [0.15, 0.2) is 11.6 Å². The summed E-state index contributed by atoms with van der Waals surface area (Å²) in [6, 6.07) is 0. The molecule has 1 saturated carbocycles. The number of Topliss-reactive ketones (excluding diaryl/α,β-unsaturated/α-hetero) is 1. The maximum Gasteiger partial charge on any atom is 0.158 e. The minimum absolute atomic E-state index is 0.429. The van der Waals surface area contributed by atoms with Crippen LogP contribution in [-0.4, -0.2) is 5.78 Å². The van der Waals surface area contributed by atoms with Gasteiger partial charge in [-0.2, -0.15) is 0 Å². The SMILES string of the molecule is CC(C)C1CCC(C)C1CC1=CCCCC1=O. The Balaban J connectivity index is 2.05. The van der Waals surface area contributed by atoms with Crippen LogP contribution in [0.3, 0.4) is 0 Å². The van der Waals surface area contributed by atoms with Crippen LogP contribution in [0.1, 0.15) is 59.3 Å². The normalized spacial score (nSPS) is 34.2. The Labute approximate surface area is 106 Å². The summed E-state index contributed by atoms with van der Waals surface area (Å²) in [5.74, 6) is 3.59. The molecular weight excluding hydrogens is 208 g/mol. The van der Waals surface area contributed by atoms with Gasteiger partial charge in [-0.15, -0.1) is 0 Å². The molecule has 2 rings (SSSR count). The van der Waals surface area contributed by atoms with E-state index in [1.165, 1.54) is 12.8 Å². The van der Waals surface area contributed by atoms with E-state index >= 15 is 0 Å². The molecule has 0 spiro atoms. The van der Waals surface area contributed by atoms with Crippen LogP contribution >= 0.6 is 0 Å². The molecule has 0 heterocycles. The van der Waals surface area contributed by atoms with Crippen molar-refractivity contribution in [1.29, 1.82) is 0 Å². The summed E-state index contributed by atoms with van der Waals surface area (Å²) in [6.07, 6.45) is 8.97. The molecule has 0 saturated heterocycles. The first-order chi connectivity index (χ1) is 8.09. The van der Waals surface area contributed by atoms with Crippen molar-refractivity contribution in [3.8, 4) is 0 Å². The minimum atomic E-state index is 0.429. The van der Waals surface area contributed by atoms with Gasteiger partial charge in [-0.3, -0.25) is 4.79 Å². The predicted molar refractivity (Wildman–Crippen MR) is 71.8 cm³/mol. The van der Waals surface area contributed by atoms with Crippen LogP contribution in [0, 0.1) is 23.7 Å². The molecule has 2 aliphatic rings. The first-order valence-electron chi connectivity index (χ1n) is 7.31. The number of hydrogen-bond acceptors (Lipinski definition) is 1. The third-order valence-corrected chi connectivity index (χ3v) is 4.90. The summed E-state index contributed by atoms with van der Waals surface area (Å²) in [5.41, 5.74) is 1.15. The van der Waals surface area contributed by atoms with Crippen LogP contribution in [0.4, 0.5) is 0 Å². The summed E-state index contributed by atoms with van der Waals surface area (Å²) in [5, 5.41) is 0. The van der Waals surface area contributed by atoms with Gasteiger partial charge < -0.3 is 0 Å². The summed E-state index contributed by atoms with van der Waals surface area (Å²) in [7, 11) is 0. The van der Waals surface area contributed by atoms with E-state index in [9.17, 15) is 4.79 Å². The smallest absolute Gasteiger partial charge is 0.158 e. The van der Waals surface area contributed by atoms with Crippen molar-refractivity contribution < 1.29 is 4.79 Å². The van der Waals surface area contributed by atoms with Gasteiger partial charge in [0.15, 0.2) is 5.78 Å². The topological polar surface area (TPSA) is 17.1 Å². The van der Waals surface area contributed by atoms with E-state index in [1.807, 2.05) is 0 Å². The van der Waals surface area contributed by atoms with Gasteiger partial charge in [0, 0.05) is 6.42 Å². The lowest BCUT2D eigenvalue weighted by Gasteiger charge is -2.27. The van der Waals surface area contributed by atoms with E-state index in [1.54, 1.807) is 0 Å². The monoisotopic (exact) mass is 234 g/mol. The summed E-state index contributed by atoms with van der Waals surface area (Å²) in [6.45, 7) is 7.06. The average molecular weight is 234 g/mol. The first-order valence-corrected chi connectivity index (χ1v) is 7.31. The van der Waals surface area contributed by atoms with Gasteiger partial charge in [-0.1, -0.05) is 33.3 Å². The molecule has 0 aromatic heterocycles. The van der Waals surface area contributed by atoms with E-state index < -0.39 is 0 Å². The molecule has 0 aliphatic heterocycles. The van der Waals surface area contributed by atoms with Crippen LogP contribution in [-0.2, 0) is 4.79 Å². The Morgan fingerprint density at radius 3 is 2.76 bits per heavy atom. The van der Waals surface area contributed by atoms with Gasteiger partial charge in [0.25, 0.3) is 0 Å². The standard InChI is InChI=1S/C16H26O/c1-11(2)14-9-8-12(3)15(14)10-13-6-4-5-7-16(13)17/h6,11-12,14-15H,4-5,7-10H2,1-3H3. The zero-order valence-electron chi connectivity index (χ0n) is 11.5. The fourth-order valence-corrected chi connectivity index (χ4v) is 3.75. The maximum absolute atomic E-state index is 11.9. The second-order valence-electron chi connectivity index (χ2n) is 6.38. The number of carbonyl (C=O) groups is 1. The number of ketones is 1. The quantitative estimate of drug-likeness (QED) is 0.708. The molecule has 1 nitrogen and oxygen atoms in total. The first kappa shape index (κ1) is 12.9. The molecule has 0 amide bonds. The van der Waals surface area contributed by atoms with Crippen LogP contribution in [0.25, 0.3) is 0 Å². The van der Waals surface area contributed by atoms with Gasteiger partial charge in [-0.05, 0) is 54.9 Å². The molecule has 17 heavy (non-hydrogen) atoms. The Morgan fingerprint density at radius 2 is 2.12 bits per heavy atom. The predicted octanol–water partition coefficient (Wildman–Crippen LogP) is 4.37. The molecule has 0 aromatic rings. The molecule has 1 fully saturated rings. The fraction of sp³-hybridized carbons (Fsp3) is 0.812. The van der Waals surface area contributed by atoms with Crippen molar-refractivity contribution in [3.05, 3.63) is 11.6 Å². The summed E-state index contributed by atoms with van der Waals surface area (Å²) in [4.78, 5) is 11.9. The van der Waals surface area contributed by atoms with Gasteiger partial charge in [0.2, 0.25) is 0 Å². The molecule has 2 aliphatic carbocycles. The van der Waals surface area contributed by atoms with Gasteiger partial charge in [0.1, 0.15) is 0 Å². The highest BCUT2D eigenvalue weighted by atomic mass is 16.1. The second kappa shape index (κ2) is 5.37. The average Bonchev–Trinajstić information content (AvgIpc) is 2.64. The maximum atomic E-state index is 11.9. The molecular formula is C16H26O. The van der Waals surface area contributed by atoms with Crippen LogP contribution in [0.5, 0.6) is 0 Å². The van der Waals surface area contributed by atoms with Crippen molar-refractivity contribution in [2.24, 2.45) is 23.7 Å². The largest absolute Gasteiger partial charge is 0.295 e. The molecule has 0 radical (unpaired) electrons. The highest BCUT2D eigenvalue weighted by Gasteiger charge is 2.36. The van der Waals surface area contributed by atoms with E-state index in [0.29, 0.717) is 5.78 Å². The zero-order chi connectivity index (χ0) is 12.4. The number of carbonyl (C=O) groups excluding carboxylic acids is 1. The van der Waals surface area contributed by atoms with Gasteiger partial charge in [-0.25, -0.2) is 0 Å². The van der Waals surface area contributed by atoms with Crippen molar-refractivity contribution in [2.75, 3.05) is 0 Å². The Kier molecular flexibility index (Phi) is 4.06. The lowest BCUT2D eigenvalue weighted by Crippen LogP contribution is -2.21. The van der Waals surface area contributed by atoms with Crippen molar-refractivity contribution in [2.45, 2.75) is 59.3 Å². The third-order valence-electron chi connectivity index (χ3n) is 4.90. The fourth-order valence-electron chi connectivity index (χ4n) is 3.75. The van der Waals surface area contributed by atoms with E-state index in [-0.39, 0.29) is 0 Å². The summed E-state index contributed by atoms with van der Waals surface area (Å²) >= 11 is 0. The highest BCUT2D eigenvalue weighted by Crippen LogP contribution is 2.44. The lowest BCUT2D eigenvalue weighted by molar-refractivity contribution is -0.116. The number of rotatable bonds is 3. The third kappa shape index (κ3) is 2.81. The Bertz CT molecular complexity index is 313. The van der Waals surface area contributed by atoms with E-state index in [4.69, 9.17) is 0 Å². The number of allylic oxidation sites excluding steroid dienone is 2. The Morgan fingerprint density at radius 1 is 1.35 bits per heavy atom. The lowest BCUT2D eigenvalue weighted by atomic mass is 9.77. The second-order valence-corrected chi connectivity index (χ2v) is 6.38. The molecule has 3 unspecified atom stereocenters. The molecule has 0 bridgehead atoms. The van der Waals surface area contributed by atoms with Crippen LogP contribution < -0.4 is 0 Å². The molecule has 1 heteroatoms. The number of hydrogen-bond donors (Lipinski definition) is 0. The molecule has 0 N–H and O–H groups in total. The van der Waals surface area contributed by atoms with Crippen molar-refractivity contribution in [3.63, 3.8) is 0 Å². The van der Waals surface area contributed by atoms with Crippen LogP contribution in [0.2, 0.25) is 0 Å². The van der Waals surface area contributed by atoms with Crippen molar-refractivity contribution >= 4 is 5.78 Å². The summed E-state index contributed by atoms with van der Waals surface area (Å²) < 4.78 is 0. The van der Waals surface area contributed by atoms with Gasteiger partial charge >= 0.3 is 0 Å². The highest BCUT2D eigenvalue weighted by molar-refractivity contribution is 5.95. The molecule has 0 aromatic carbocycles. The minimum Gasteiger partial charge on any atom is -0.295 e. The van der Waals surface area contributed by atoms with E-state index in [0.717, 1.165) is 54.9 Å².